The van der Waals surface area contributed by atoms with Gasteiger partial charge in [-0.25, -0.2) is 5.43 Å². The van der Waals surface area contributed by atoms with E-state index in [1.807, 2.05) is 73.7 Å². The van der Waals surface area contributed by atoms with Crippen LogP contribution in [0.4, 0.5) is 5.69 Å². The first-order valence-electron chi connectivity index (χ1n) is 7.08. The van der Waals surface area contributed by atoms with Gasteiger partial charge in [0.05, 0.1) is 12.8 Å². The molecule has 0 spiro atoms. The summed E-state index contributed by atoms with van der Waals surface area (Å²) in [5.41, 5.74) is 5.46. The molecule has 0 aromatic heterocycles. The van der Waals surface area contributed by atoms with E-state index >= 15 is 0 Å². The second-order valence-corrected chi connectivity index (χ2v) is 4.81. The van der Waals surface area contributed by atoms with Crippen LogP contribution in [0.3, 0.4) is 0 Å². The van der Waals surface area contributed by atoms with Gasteiger partial charge in [-0.05, 0) is 30.2 Å². The number of hydrogen-bond acceptors (Lipinski definition) is 3. The maximum Gasteiger partial charge on any atom is 0.259 e. The van der Waals surface area contributed by atoms with Crippen LogP contribution in [0.1, 0.15) is 12.5 Å². The summed E-state index contributed by atoms with van der Waals surface area (Å²) in [6.45, 7) is 2.12. The van der Waals surface area contributed by atoms with Gasteiger partial charge in [0.1, 0.15) is 0 Å². The summed E-state index contributed by atoms with van der Waals surface area (Å²) in [6.07, 6.45) is 3.63. The average Bonchev–Trinajstić information content (AvgIpc) is 2.55. The lowest BCUT2D eigenvalue weighted by Crippen LogP contribution is -2.25. The molecule has 112 valence electrons. The highest BCUT2D eigenvalue weighted by molar-refractivity contribution is 5.87. The Morgan fingerprint density at radius 3 is 2.36 bits per heavy atom. The van der Waals surface area contributed by atoms with Crippen LogP contribution in [0.15, 0.2) is 71.3 Å². The van der Waals surface area contributed by atoms with Gasteiger partial charge < -0.3 is 5.32 Å². The monoisotopic (exact) mass is 293 g/mol. The van der Waals surface area contributed by atoms with Crippen molar-refractivity contribution in [2.24, 2.45) is 5.10 Å². The molecule has 2 aromatic rings. The molecule has 0 aliphatic carbocycles. The predicted molar refractivity (Wildman–Crippen MR) is 91.7 cm³/mol. The maximum atomic E-state index is 11.6. The summed E-state index contributed by atoms with van der Waals surface area (Å²) in [5, 5.41) is 6.97. The van der Waals surface area contributed by atoms with Crippen molar-refractivity contribution in [3.63, 3.8) is 0 Å². The maximum absolute atomic E-state index is 11.6. The Labute approximate surface area is 130 Å². The molecule has 4 nitrogen and oxygen atoms in total. The molecular weight excluding hydrogens is 274 g/mol. The molecule has 2 N–H and O–H groups in total. The van der Waals surface area contributed by atoms with Gasteiger partial charge >= 0.3 is 0 Å². The van der Waals surface area contributed by atoms with Gasteiger partial charge in [-0.2, -0.15) is 5.10 Å². The molecular formula is C18H19N3O. The molecule has 0 saturated carbocycles. The van der Waals surface area contributed by atoms with Gasteiger partial charge in [0.2, 0.25) is 0 Å². The third-order valence-corrected chi connectivity index (χ3v) is 2.88. The summed E-state index contributed by atoms with van der Waals surface area (Å²) in [4.78, 5) is 11.6. The van der Waals surface area contributed by atoms with E-state index in [1.54, 1.807) is 6.21 Å². The number of nitrogens with zero attached hydrogens (tertiary/aromatic N) is 1. The highest BCUT2D eigenvalue weighted by Gasteiger charge is 1.98. The molecule has 0 saturated heterocycles. The number of para-hydroxylation sites is 1. The van der Waals surface area contributed by atoms with Gasteiger partial charge in [-0.1, -0.05) is 54.6 Å². The Hall–Kier alpha value is -2.88. The molecule has 0 heterocycles. The first-order valence-corrected chi connectivity index (χ1v) is 7.08. The summed E-state index contributed by atoms with van der Waals surface area (Å²) in [5.74, 6) is -0.187. The first-order chi connectivity index (χ1) is 10.7. The fourth-order valence-electron chi connectivity index (χ4n) is 1.83. The molecule has 0 unspecified atom stereocenters. The third kappa shape index (κ3) is 5.63. The van der Waals surface area contributed by atoms with E-state index < -0.39 is 0 Å². The number of nitrogens with one attached hydrogen (secondary N) is 2. The Morgan fingerprint density at radius 2 is 1.68 bits per heavy atom. The summed E-state index contributed by atoms with van der Waals surface area (Å²) in [7, 11) is 0. The van der Waals surface area contributed by atoms with Crippen molar-refractivity contribution >= 4 is 23.9 Å². The lowest BCUT2D eigenvalue weighted by Gasteiger charge is -2.04. The quantitative estimate of drug-likeness (QED) is 0.634. The van der Waals surface area contributed by atoms with Gasteiger partial charge in [0.25, 0.3) is 5.91 Å². The Morgan fingerprint density at radius 1 is 1.05 bits per heavy atom. The number of amides is 1. The Balaban J connectivity index is 1.77. The minimum atomic E-state index is -0.187. The van der Waals surface area contributed by atoms with Crippen LogP contribution in [0, 0.1) is 0 Å². The molecule has 0 aliphatic rings. The number of hydrazone groups is 1. The van der Waals surface area contributed by atoms with Crippen LogP contribution in [0.5, 0.6) is 0 Å². The predicted octanol–water partition coefficient (Wildman–Crippen LogP) is 3.30. The van der Waals surface area contributed by atoms with Crippen LogP contribution in [-0.2, 0) is 4.79 Å². The molecule has 0 atom stereocenters. The van der Waals surface area contributed by atoms with E-state index in [9.17, 15) is 4.79 Å². The fourth-order valence-corrected chi connectivity index (χ4v) is 1.83. The van der Waals surface area contributed by atoms with Crippen molar-refractivity contribution in [3.05, 3.63) is 71.8 Å². The second-order valence-electron chi connectivity index (χ2n) is 4.81. The van der Waals surface area contributed by atoms with Crippen LogP contribution in [0.2, 0.25) is 0 Å². The molecule has 2 rings (SSSR count). The SMILES string of the molecule is CC(/C=N\NC(=O)CNc1ccccc1)=C\c1ccccc1. The standard InChI is InChI=1S/C18H19N3O/c1-15(12-16-8-4-2-5-9-16)13-20-21-18(22)14-19-17-10-6-3-7-11-17/h2-13,19H,14H2,1H3,(H,21,22)/b15-12+,20-13-. The molecule has 2 aromatic carbocycles. The van der Waals surface area contributed by atoms with Crippen molar-refractivity contribution in [1.29, 1.82) is 0 Å². The number of carbonyl (C=O) groups excluding carboxylic acids is 1. The van der Waals surface area contributed by atoms with Gasteiger partial charge in [0, 0.05) is 5.69 Å². The third-order valence-electron chi connectivity index (χ3n) is 2.88. The van der Waals surface area contributed by atoms with Crippen molar-refractivity contribution < 1.29 is 4.79 Å². The average molecular weight is 293 g/mol. The minimum absolute atomic E-state index is 0.183. The largest absolute Gasteiger partial charge is 0.376 e. The Bertz CT molecular complexity index is 649. The Kier molecular flexibility index (Phi) is 5.93. The molecule has 0 bridgehead atoms. The summed E-state index contributed by atoms with van der Waals surface area (Å²) in [6, 6.07) is 19.5. The lowest BCUT2D eigenvalue weighted by atomic mass is 10.1. The molecule has 0 fully saturated rings. The fraction of sp³-hybridized carbons (Fsp3) is 0.111. The number of allylic oxidation sites excluding steroid dienone is 1. The van der Waals surface area contributed by atoms with E-state index in [0.29, 0.717) is 0 Å². The number of hydrogen-bond donors (Lipinski definition) is 2. The van der Waals surface area contributed by atoms with Crippen molar-refractivity contribution in [2.45, 2.75) is 6.92 Å². The van der Waals surface area contributed by atoms with Gasteiger partial charge in [-0.3, -0.25) is 4.79 Å². The zero-order valence-corrected chi connectivity index (χ0v) is 12.5. The van der Waals surface area contributed by atoms with E-state index in [1.165, 1.54) is 0 Å². The minimum Gasteiger partial charge on any atom is -0.376 e. The van der Waals surface area contributed by atoms with E-state index in [-0.39, 0.29) is 12.5 Å². The van der Waals surface area contributed by atoms with Crippen molar-refractivity contribution in [2.75, 3.05) is 11.9 Å². The number of benzene rings is 2. The topological polar surface area (TPSA) is 53.5 Å². The second kappa shape index (κ2) is 8.42. The van der Waals surface area contributed by atoms with E-state index in [2.05, 4.69) is 15.8 Å². The van der Waals surface area contributed by atoms with E-state index in [4.69, 9.17) is 0 Å². The first kappa shape index (κ1) is 15.5. The molecule has 22 heavy (non-hydrogen) atoms. The molecule has 1 amide bonds. The number of carbonyl (C=O) groups is 1. The van der Waals surface area contributed by atoms with Crippen LogP contribution >= 0.6 is 0 Å². The zero-order chi connectivity index (χ0) is 15.6. The van der Waals surface area contributed by atoms with Gasteiger partial charge in [0.15, 0.2) is 0 Å². The van der Waals surface area contributed by atoms with Crippen molar-refractivity contribution in [1.82, 2.24) is 5.43 Å². The van der Waals surface area contributed by atoms with Crippen LogP contribution < -0.4 is 10.7 Å². The molecule has 0 radical (unpaired) electrons. The summed E-state index contributed by atoms with van der Waals surface area (Å²) < 4.78 is 0. The molecule has 4 heteroatoms. The van der Waals surface area contributed by atoms with Crippen molar-refractivity contribution in [3.8, 4) is 0 Å². The summed E-state index contributed by atoms with van der Waals surface area (Å²) >= 11 is 0. The van der Waals surface area contributed by atoms with E-state index in [0.717, 1.165) is 16.8 Å². The number of rotatable bonds is 6. The zero-order valence-electron chi connectivity index (χ0n) is 12.5. The van der Waals surface area contributed by atoms with Crippen LogP contribution in [0.25, 0.3) is 6.08 Å². The molecule has 0 aliphatic heterocycles. The number of anilines is 1. The smallest absolute Gasteiger partial charge is 0.259 e. The van der Waals surface area contributed by atoms with Gasteiger partial charge in [-0.15, -0.1) is 0 Å². The highest BCUT2D eigenvalue weighted by Crippen LogP contribution is 2.04. The lowest BCUT2D eigenvalue weighted by molar-refractivity contribution is -0.119. The normalized spacial score (nSPS) is 11.4. The highest BCUT2D eigenvalue weighted by atomic mass is 16.2. The van der Waals surface area contributed by atoms with Crippen LogP contribution in [-0.4, -0.2) is 18.7 Å².